The van der Waals surface area contributed by atoms with E-state index in [0.29, 0.717) is 6.54 Å². The number of aryl methyl sites for hydroxylation is 1. The first-order valence-electron chi connectivity index (χ1n) is 6.67. The van der Waals surface area contributed by atoms with Crippen LogP contribution in [0.4, 0.5) is 11.6 Å². The molecule has 1 aromatic heterocycles. The molecule has 1 aromatic carbocycles. The maximum absolute atomic E-state index is 5.88. The van der Waals surface area contributed by atoms with Crippen molar-refractivity contribution in [1.82, 2.24) is 9.97 Å². The third-order valence-electron chi connectivity index (χ3n) is 2.98. The third kappa shape index (κ3) is 3.61. The molecule has 1 heterocycles. The Morgan fingerprint density at radius 1 is 1.00 bits per heavy atom. The molecule has 0 fully saturated rings. The summed E-state index contributed by atoms with van der Waals surface area (Å²) in [6.45, 7) is 7.51. The van der Waals surface area contributed by atoms with Crippen LogP contribution in [0.25, 0.3) is 0 Å². The highest BCUT2D eigenvalue weighted by Crippen LogP contribution is 2.20. The van der Waals surface area contributed by atoms with Crippen molar-refractivity contribution in [3.8, 4) is 0 Å². The number of halogens is 1. The predicted molar refractivity (Wildman–Crippen MR) is 84.4 cm³/mol. The van der Waals surface area contributed by atoms with Gasteiger partial charge in [-0.05, 0) is 38.5 Å². The average Bonchev–Trinajstić information content (AvgIpc) is 2.43. The predicted octanol–water partition coefficient (Wildman–Crippen LogP) is 3.79. The molecule has 0 aliphatic rings. The minimum atomic E-state index is 0.708. The highest BCUT2D eigenvalue weighted by atomic mass is 35.5. The SMILES string of the molecule is CCNc1nc(C)nc(NCc2ccc(Cl)cc2)c1C. The zero-order chi connectivity index (χ0) is 14.5. The van der Waals surface area contributed by atoms with Crippen molar-refractivity contribution in [2.24, 2.45) is 0 Å². The van der Waals surface area contributed by atoms with Gasteiger partial charge in [0.15, 0.2) is 0 Å². The summed E-state index contributed by atoms with van der Waals surface area (Å²) in [7, 11) is 0. The van der Waals surface area contributed by atoms with E-state index in [1.54, 1.807) is 0 Å². The van der Waals surface area contributed by atoms with Crippen molar-refractivity contribution in [3.05, 3.63) is 46.2 Å². The smallest absolute Gasteiger partial charge is 0.135 e. The summed E-state index contributed by atoms with van der Waals surface area (Å²) in [6.07, 6.45) is 0. The molecular weight excluding hydrogens is 272 g/mol. The minimum absolute atomic E-state index is 0.708. The lowest BCUT2D eigenvalue weighted by atomic mass is 10.2. The molecule has 5 heteroatoms. The van der Waals surface area contributed by atoms with Crippen molar-refractivity contribution in [1.29, 1.82) is 0 Å². The Morgan fingerprint density at radius 2 is 1.60 bits per heavy atom. The highest BCUT2D eigenvalue weighted by molar-refractivity contribution is 6.30. The molecule has 0 radical (unpaired) electrons. The molecule has 4 nitrogen and oxygen atoms in total. The Balaban J connectivity index is 2.14. The second-order valence-corrected chi connectivity index (χ2v) is 5.04. The molecule has 20 heavy (non-hydrogen) atoms. The van der Waals surface area contributed by atoms with Crippen LogP contribution in [0.5, 0.6) is 0 Å². The lowest BCUT2D eigenvalue weighted by molar-refractivity contribution is 0.993. The van der Waals surface area contributed by atoms with Gasteiger partial charge in [-0.25, -0.2) is 9.97 Å². The molecule has 2 rings (SSSR count). The van der Waals surface area contributed by atoms with Crippen LogP contribution in [0.3, 0.4) is 0 Å². The molecule has 0 unspecified atom stereocenters. The van der Waals surface area contributed by atoms with Crippen LogP contribution in [0.2, 0.25) is 5.02 Å². The van der Waals surface area contributed by atoms with Crippen LogP contribution in [0.1, 0.15) is 23.9 Å². The molecule has 2 aromatic rings. The van der Waals surface area contributed by atoms with Crippen molar-refractivity contribution >= 4 is 23.2 Å². The first-order valence-corrected chi connectivity index (χ1v) is 7.05. The van der Waals surface area contributed by atoms with E-state index in [1.165, 1.54) is 0 Å². The molecule has 0 bridgehead atoms. The summed E-state index contributed by atoms with van der Waals surface area (Å²) in [5.41, 5.74) is 2.20. The topological polar surface area (TPSA) is 49.8 Å². The largest absolute Gasteiger partial charge is 0.370 e. The lowest BCUT2D eigenvalue weighted by Gasteiger charge is -2.13. The number of hydrogen-bond acceptors (Lipinski definition) is 4. The number of aromatic nitrogens is 2. The molecule has 2 N–H and O–H groups in total. The van der Waals surface area contributed by atoms with E-state index in [2.05, 4.69) is 27.5 Å². The van der Waals surface area contributed by atoms with Gasteiger partial charge in [-0.3, -0.25) is 0 Å². The third-order valence-corrected chi connectivity index (χ3v) is 3.23. The van der Waals surface area contributed by atoms with Gasteiger partial charge in [0.05, 0.1) is 0 Å². The number of nitrogens with one attached hydrogen (secondary N) is 2. The van der Waals surface area contributed by atoms with Crippen LogP contribution in [-0.2, 0) is 6.54 Å². The quantitative estimate of drug-likeness (QED) is 0.879. The van der Waals surface area contributed by atoms with Gasteiger partial charge >= 0.3 is 0 Å². The summed E-state index contributed by atoms with van der Waals surface area (Å²) in [5.74, 6) is 2.51. The first kappa shape index (κ1) is 14.6. The van der Waals surface area contributed by atoms with Crippen molar-refractivity contribution in [2.45, 2.75) is 27.3 Å². The van der Waals surface area contributed by atoms with Crippen LogP contribution >= 0.6 is 11.6 Å². The number of hydrogen-bond donors (Lipinski definition) is 2. The molecule has 0 aliphatic heterocycles. The number of rotatable bonds is 5. The normalized spacial score (nSPS) is 10.4. The van der Waals surface area contributed by atoms with Gasteiger partial charge in [-0.15, -0.1) is 0 Å². The van der Waals surface area contributed by atoms with E-state index < -0.39 is 0 Å². The van der Waals surface area contributed by atoms with E-state index in [4.69, 9.17) is 11.6 Å². The van der Waals surface area contributed by atoms with Crippen LogP contribution in [0, 0.1) is 13.8 Å². The number of benzene rings is 1. The van der Waals surface area contributed by atoms with Gasteiger partial charge in [0.2, 0.25) is 0 Å². The zero-order valence-electron chi connectivity index (χ0n) is 12.0. The zero-order valence-corrected chi connectivity index (χ0v) is 12.8. The monoisotopic (exact) mass is 290 g/mol. The maximum atomic E-state index is 5.88. The molecule has 0 aliphatic carbocycles. The van der Waals surface area contributed by atoms with E-state index >= 15 is 0 Å². The molecular formula is C15H19ClN4. The van der Waals surface area contributed by atoms with E-state index in [-0.39, 0.29) is 0 Å². The Hall–Kier alpha value is -1.81. The summed E-state index contributed by atoms with van der Waals surface area (Å²) in [5, 5.41) is 7.36. The van der Waals surface area contributed by atoms with Crippen LogP contribution < -0.4 is 10.6 Å². The summed E-state index contributed by atoms with van der Waals surface area (Å²) in [4.78, 5) is 8.87. The average molecular weight is 291 g/mol. The van der Waals surface area contributed by atoms with Crippen molar-refractivity contribution in [3.63, 3.8) is 0 Å². The first-order chi connectivity index (χ1) is 9.60. The van der Waals surface area contributed by atoms with E-state index in [1.807, 2.05) is 38.1 Å². The summed E-state index contributed by atoms with van der Waals surface area (Å²) < 4.78 is 0. The maximum Gasteiger partial charge on any atom is 0.135 e. The second kappa shape index (κ2) is 6.57. The fourth-order valence-corrected chi connectivity index (χ4v) is 2.05. The van der Waals surface area contributed by atoms with Gasteiger partial charge in [0.25, 0.3) is 0 Å². The van der Waals surface area contributed by atoms with Crippen LogP contribution in [0.15, 0.2) is 24.3 Å². The van der Waals surface area contributed by atoms with Gasteiger partial charge in [0.1, 0.15) is 17.5 Å². The van der Waals surface area contributed by atoms with Crippen molar-refractivity contribution < 1.29 is 0 Å². The Labute approximate surface area is 124 Å². The Kier molecular flexibility index (Phi) is 4.79. The number of anilines is 2. The van der Waals surface area contributed by atoms with Crippen molar-refractivity contribution in [2.75, 3.05) is 17.2 Å². The van der Waals surface area contributed by atoms with Crippen LogP contribution in [-0.4, -0.2) is 16.5 Å². The molecule has 106 valence electrons. The van der Waals surface area contributed by atoms with Gasteiger partial charge in [0, 0.05) is 23.7 Å². The minimum Gasteiger partial charge on any atom is -0.370 e. The summed E-state index contributed by atoms with van der Waals surface area (Å²) >= 11 is 5.88. The molecule has 0 saturated heterocycles. The fraction of sp³-hybridized carbons (Fsp3) is 0.333. The number of nitrogens with zero attached hydrogens (tertiary/aromatic N) is 2. The van der Waals surface area contributed by atoms with E-state index in [0.717, 1.165) is 40.2 Å². The fourth-order valence-electron chi connectivity index (χ4n) is 1.93. The van der Waals surface area contributed by atoms with Gasteiger partial charge in [-0.2, -0.15) is 0 Å². The van der Waals surface area contributed by atoms with Gasteiger partial charge < -0.3 is 10.6 Å². The molecule has 0 spiro atoms. The van der Waals surface area contributed by atoms with E-state index in [9.17, 15) is 0 Å². The second-order valence-electron chi connectivity index (χ2n) is 4.60. The molecule has 0 amide bonds. The summed E-state index contributed by atoms with van der Waals surface area (Å²) in [6, 6.07) is 7.79. The lowest BCUT2D eigenvalue weighted by Crippen LogP contribution is -2.09. The van der Waals surface area contributed by atoms with Gasteiger partial charge in [-0.1, -0.05) is 23.7 Å². The standard InChI is InChI=1S/C15H19ClN4/c1-4-17-14-10(2)15(20-11(3)19-14)18-9-12-5-7-13(16)8-6-12/h5-8H,4,9H2,1-3H3,(H2,17,18,19,20). The molecule has 0 saturated carbocycles. The molecule has 0 atom stereocenters. The Bertz CT molecular complexity index is 581. The Morgan fingerprint density at radius 3 is 2.20 bits per heavy atom. The highest BCUT2D eigenvalue weighted by Gasteiger charge is 2.08.